The van der Waals surface area contributed by atoms with Gasteiger partial charge in [0, 0.05) is 6.04 Å². The van der Waals surface area contributed by atoms with Gasteiger partial charge in [-0.3, -0.25) is 10.6 Å². The van der Waals surface area contributed by atoms with Crippen LogP contribution in [-0.4, -0.2) is 24.0 Å². The summed E-state index contributed by atoms with van der Waals surface area (Å²) in [6.45, 7) is 1.92. The van der Waals surface area contributed by atoms with E-state index in [0.717, 1.165) is 12.2 Å². The van der Waals surface area contributed by atoms with Crippen LogP contribution in [0.4, 0.5) is 10.1 Å². The van der Waals surface area contributed by atoms with Crippen LogP contribution in [0.1, 0.15) is 23.7 Å². The van der Waals surface area contributed by atoms with E-state index in [2.05, 4.69) is 10.7 Å². The Hall–Kier alpha value is -1.27. The number of carbonyl (C=O) groups excluding carboxylic acids is 1. The molecule has 0 aromatic heterocycles. The minimum atomic E-state index is -0.540. The Morgan fingerprint density at radius 3 is 2.89 bits per heavy atom. The number of rotatable bonds is 6. The SMILES string of the molecule is CSCCC(C)NC(=O)c1cccc(F)c1NN. The van der Waals surface area contributed by atoms with E-state index in [1.54, 1.807) is 11.8 Å². The molecule has 0 aliphatic rings. The summed E-state index contributed by atoms with van der Waals surface area (Å²) in [6, 6.07) is 4.31. The zero-order valence-corrected chi connectivity index (χ0v) is 11.3. The predicted octanol–water partition coefficient (Wildman–Crippen LogP) is 1.98. The average Bonchev–Trinajstić information content (AvgIpc) is 2.35. The molecule has 1 aromatic carbocycles. The number of carbonyl (C=O) groups is 1. The van der Waals surface area contributed by atoms with Gasteiger partial charge in [0.05, 0.1) is 11.3 Å². The van der Waals surface area contributed by atoms with Gasteiger partial charge in [-0.2, -0.15) is 11.8 Å². The number of hydrogen-bond donors (Lipinski definition) is 3. The molecule has 0 saturated heterocycles. The van der Waals surface area contributed by atoms with Gasteiger partial charge in [0.25, 0.3) is 5.91 Å². The van der Waals surface area contributed by atoms with Crippen LogP contribution >= 0.6 is 11.8 Å². The van der Waals surface area contributed by atoms with Crippen LogP contribution in [0.3, 0.4) is 0 Å². The maximum Gasteiger partial charge on any atom is 0.253 e. The van der Waals surface area contributed by atoms with Crippen LogP contribution < -0.4 is 16.6 Å². The first kappa shape index (κ1) is 14.8. The number of hydrazine groups is 1. The van der Waals surface area contributed by atoms with Crippen molar-refractivity contribution < 1.29 is 9.18 Å². The molecule has 0 spiro atoms. The monoisotopic (exact) mass is 271 g/mol. The molecular formula is C12H18FN3OS. The summed E-state index contributed by atoms with van der Waals surface area (Å²) in [7, 11) is 0. The number of benzene rings is 1. The highest BCUT2D eigenvalue weighted by Gasteiger charge is 2.15. The van der Waals surface area contributed by atoms with E-state index in [9.17, 15) is 9.18 Å². The Bertz CT molecular complexity index is 414. The first-order valence-corrected chi connectivity index (χ1v) is 7.04. The summed E-state index contributed by atoms with van der Waals surface area (Å²) in [5.41, 5.74) is 2.46. The largest absolute Gasteiger partial charge is 0.349 e. The second-order valence-electron chi connectivity index (χ2n) is 3.96. The molecular weight excluding hydrogens is 253 g/mol. The molecule has 1 unspecified atom stereocenters. The van der Waals surface area contributed by atoms with Crippen LogP contribution in [0.25, 0.3) is 0 Å². The van der Waals surface area contributed by atoms with Crippen molar-refractivity contribution in [2.75, 3.05) is 17.4 Å². The maximum absolute atomic E-state index is 13.4. The van der Waals surface area contributed by atoms with Gasteiger partial charge in [-0.25, -0.2) is 4.39 Å². The first-order chi connectivity index (χ1) is 8.60. The molecule has 0 aliphatic carbocycles. The Morgan fingerprint density at radius 2 is 2.28 bits per heavy atom. The van der Waals surface area contributed by atoms with Crippen LogP contribution in [0.2, 0.25) is 0 Å². The molecule has 4 N–H and O–H groups in total. The number of halogens is 1. The number of para-hydroxylation sites is 1. The van der Waals surface area contributed by atoms with Crippen LogP contribution in [0.15, 0.2) is 18.2 Å². The summed E-state index contributed by atoms with van der Waals surface area (Å²) >= 11 is 1.72. The van der Waals surface area contributed by atoms with Gasteiger partial charge in [0.2, 0.25) is 0 Å². The van der Waals surface area contributed by atoms with Crippen molar-refractivity contribution in [1.82, 2.24) is 5.32 Å². The fourth-order valence-corrected chi connectivity index (χ4v) is 2.12. The summed E-state index contributed by atoms with van der Waals surface area (Å²) < 4.78 is 13.4. The standard InChI is InChI=1S/C12H18FN3OS/c1-8(6-7-18-2)15-12(17)9-4-3-5-10(13)11(9)16-14/h3-5,8,16H,6-7,14H2,1-2H3,(H,15,17). The molecule has 0 fully saturated rings. The highest BCUT2D eigenvalue weighted by atomic mass is 32.2. The fraction of sp³-hybridized carbons (Fsp3) is 0.417. The lowest BCUT2D eigenvalue weighted by molar-refractivity contribution is 0.0940. The molecule has 18 heavy (non-hydrogen) atoms. The Balaban J connectivity index is 2.75. The smallest absolute Gasteiger partial charge is 0.253 e. The van der Waals surface area contributed by atoms with Gasteiger partial charge in [0.1, 0.15) is 5.82 Å². The van der Waals surface area contributed by atoms with Crippen molar-refractivity contribution in [3.8, 4) is 0 Å². The molecule has 100 valence electrons. The number of nitrogens with one attached hydrogen (secondary N) is 2. The zero-order valence-electron chi connectivity index (χ0n) is 10.5. The lowest BCUT2D eigenvalue weighted by Crippen LogP contribution is -2.33. The summed E-state index contributed by atoms with van der Waals surface area (Å²) in [5, 5.41) is 2.82. The highest BCUT2D eigenvalue weighted by molar-refractivity contribution is 7.98. The molecule has 0 bridgehead atoms. The molecule has 1 atom stereocenters. The molecule has 1 aromatic rings. The second kappa shape index (κ2) is 7.23. The van der Waals surface area contributed by atoms with Gasteiger partial charge in [-0.1, -0.05) is 6.07 Å². The summed E-state index contributed by atoms with van der Waals surface area (Å²) in [5.74, 6) is 5.33. The Labute approximate surface area is 110 Å². The molecule has 1 amide bonds. The summed E-state index contributed by atoms with van der Waals surface area (Å²) in [4.78, 5) is 12.0. The molecule has 6 heteroatoms. The maximum atomic E-state index is 13.4. The topological polar surface area (TPSA) is 67.2 Å². The highest BCUT2D eigenvalue weighted by Crippen LogP contribution is 2.18. The van der Waals surface area contributed by atoms with Crippen molar-refractivity contribution in [3.63, 3.8) is 0 Å². The Morgan fingerprint density at radius 1 is 1.56 bits per heavy atom. The number of thioether (sulfide) groups is 1. The van der Waals surface area contributed by atoms with E-state index >= 15 is 0 Å². The zero-order chi connectivity index (χ0) is 13.5. The number of nitrogens with two attached hydrogens (primary N) is 1. The van der Waals surface area contributed by atoms with Gasteiger partial charge < -0.3 is 10.7 Å². The molecule has 0 heterocycles. The van der Waals surface area contributed by atoms with E-state index in [0.29, 0.717) is 0 Å². The molecule has 0 aliphatic heterocycles. The molecule has 0 saturated carbocycles. The number of amides is 1. The third-order valence-corrected chi connectivity index (χ3v) is 3.18. The quantitative estimate of drug-likeness (QED) is 0.547. The first-order valence-electron chi connectivity index (χ1n) is 5.65. The number of hydrogen-bond acceptors (Lipinski definition) is 4. The normalized spacial score (nSPS) is 12.0. The molecule has 1 rings (SSSR count). The van der Waals surface area contributed by atoms with E-state index in [-0.39, 0.29) is 23.2 Å². The van der Waals surface area contributed by atoms with E-state index in [1.807, 2.05) is 13.2 Å². The minimum absolute atomic E-state index is 0.0204. The second-order valence-corrected chi connectivity index (χ2v) is 4.95. The Kier molecular flexibility index (Phi) is 5.94. The van der Waals surface area contributed by atoms with Gasteiger partial charge in [0.15, 0.2) is 0 Å². The van der Waals surface area contributed by atoms with E-state index in [4.69, 9.17) is 5.84 Å². The molecule has 4 nitrogen and oxygen atoms in total. The predicted molar refractivity (Wildman–Crippen MR) is 74.1 cm³/mol. The fourth-order valence-electron chi connectivity index (χ4n) is 1.53. The van der Waals surface area contributed by atoms with Crippen molar-refractivity contribution in [1.29, 1.82) is 0 Å². The number of anilines is 1. The van der Waals surface area contributed by atoms with Crippen molar-refractivity contribution in [2.24, 2.45) is 5.84 Å². The third kappa shape index (κ3) is 3.89. The lowest BCUT2D eigenvalue weighted by atomic mass is 10.1. The minimum Gasteiger partial charge on any atom is -0.349 e. The van der Waals surface area contributed by atoms with E-state index in [1.165, 1.54) is 18.2 Å². The van der Waals surface area contributed by atoms with Gasteiger partial charge in [-0.05, 0) is 37.5 Å². The van der Waals surface area contributed by atoms with Crippen molar-refractivity contribution in [3.05, 3.63) is 29.6 Å². The summed E-state index contributed by atoms with van der Waals surface area (Å²) in [6.07, 6.45) is 2.88. The van der Waals surface area contributed by atoms with Crippen LogP contribution in [-0.2, 0) is 0 Å². The van der Waals surface area contributed by atoms with Crippen LogP contribution in [0, 0.1) is 5.82 Å². The van der Waals surface area contributed by atoms with Gasteiger partial charge >= 0.3 is 0 Å². The average molecular weight is 271 g/mol. The van der Waals surface area contributed by atoms with E-state index < -0.39 is 5.82 Å². The number of nitrogen functional groups attached to an aromatic ring is 1. The molecule has 0 radical (unpaired) electrons. The third-order valence-electron chi connectivity index (χ3n) is 2.54. The van der Waals surface area contributed by atoms with Crippen molar-refractivity contribution >= 4 is 23.4 Å². The van der Waals surface area contributed by atoms with Crippen LogP contribution in [0.5, 0.6) is 0 Å². The van der Waals surface area contributed by atoms with Gasteiger partial charge in [-0.15, -0.1) is 0 Å². The van der Waals surface area contributed by atoms with Crippen molar-refractivity contribution in [2.45, 2.75) is 19.4 Å². The lowest BCUT2D eigenvalue weighted by Gasteiger charge is -2.15.